The summed E-state index contributed by atoms with van der Waals surface area (Å²) in [4.78, 5) is 12.3. The van der Waals surface area contributed by atoms with E-state index in [-0.39, 0.29) is 23.2 Å². The number of rotatable bonds is 5. The van der Waals surface area contributed by atoms with Crippen molar-refractivity contribution in [2.75, 3.05) is 6.61 Å². The van der Waals surface area contributed by atoms with E-state index in [0.29, 0.717) is 18.3 Å². The number of phenolic OH excluding ortho intramolecular Hbond substituents is 1. The number of unbranched alkanes of at least 4 members (excludes halogenated alkanes) is 1. The zero-order valence-corrected chi connectivity index (χ0v) is 17.2. The van der Waals surface area contributed by atoms with Gasteiger partial charge in [0.05, 0.1) is 12.5 Å². The van der Waals surface area contributed by atoms with Gasteiger partial charge in [0.15, 0.2) is 0 Å². The maximum absolute atomic E-state index is 12.3. The fourth-order valence-electron chi connectivity index (χ4n) is 4.41. The van der Waals surface area contributed by atoms with Crippen molar-refractivity contribution in [1.82, 2.24) is 0 Å². The number of allylic oxidation sites excluding steroid dienone is 2. The number of aromatic hydroxyl groups is 1. The van der Waals surface area contributed by atoms with E-state index in [1.807, 2.05) is 13.0 Å². The molecule has 27 heavy (non-hydrogen) atoms. The lowest BCUT2D eigenvalue weighted by atomic mass is 9.67. The Hall–Kier alpha value is -1.97. The fourth-order valence-corrected chi connectivity index (χ4v) is 4.41. The lowest BCUT2D eigenvalue weighted by Gasteiger charge is -2.47. The van der Waals surface area contributed by atoms with E-state index in [9.17, 15) is 9.90 Å². The highest BCUT2D eigenvalue weighted by Gasteiger charge is 2.45. The van der Waals surface area contributed by atoms with Crippen LogP contribution in [0.4, 0.5) is 0 Å². The summed E-state index contributed by atoms with van der Waals surface area (Å²) in [5.74, 6) is 0.828. The zero-order valence-electron chi connectivity index (χ0n) is 17.2. The first kappa shape index (κ1) is 19.8. The van der Waals surface area contributed by atoms with E-state index in [0.717, 1.165) is 36.8 Å². The zero-order chi connectivity index (χ0) is 19.8. The number of carbonyl (C=O) groups excluding carboxylic acids is 1. The van der Waals surface area contributed by atoms with Crippen LogP contribution in [-0.2, 0) is 9.53 Å². The molecule has 0 amide bonds. The van der Waals surface area contributed by atoms with Gasteiger partial charge in [-0.3, -0.25) is 4.79 Å². The summed E-state index contributed by atoms with van der Waals surface area (Å²) in [6.45, 7) is 10.7. The average Bonchev–Trinajstić information content (AvgIpc) is 2.59. The Kier molecular flexibility index (Phi) is 5.55. The molecule has 2 aliphatic rings. The minimum Gasteiger partial charge on any atom is -0.508 e. The van der Waals surface area contributed by atoms with Gasteiger partial charge in [-0.25, -0.2) is 0 Å². The molecule has 0 spiro atoms. The molecule has 148 valence electrons. The minimum absolute atomic E-state index is 0.232. The lowest BCUT2D eigenvalue weighted by Crippen LogP contribution is -2.45. The van der Waals surface area contributed by atoms with Crippen molar-refractivity contribution in [2.24, 2.45) is 5.92 Å². The van der Waals surface area contributed by atoms with Gasteiger partial charge >= 0.3 is 5.97 Å². The second kappa shape index (κ2) is 7.57. The maximum Gasteiger partial charge on any atom is 0.313 e. The van der Waals surface area contributed by atoms with Crippen LogP contribution in [0.15, 0.2) is 23.8 Å². The Morgan fingerprint density at radius 3 is 2.85 bits per heavy atom. The van der Waals surface area contributed by atoms with Crippen LogP contribution in [0.1, 0.15) is 83.3 Å². The maximum atomic E-state index is 12.3. The summed E-state index contributed by atoms with van der Waals surface area (Å²) in [7, 11) is 0. The summed E-state index contributed by atoms with van der Waals surface area (Å²) in [6, 6.07) is 3.64. The van der Waals surface area contributed by atoms with Crippen LogP contribution >= 0.6 is 0 Å². The van der Waals surface area contributed by atoms with E-state index in [4.69, 9.17) is 9.47 Å². The first-order valence-corrected chi connectivity index (χ1v) is 10.1. The fraction of sp³-hybridized carbons (Fsp3) is 0.609. The Balaban J connectivity index is 1.92. The Morgan fingerprint density at radius 2 is 2.15 bits per heavy atom. The number of fused-ring (bicyclic) bond motifs is 3. The Morgan fingerprint density at radius 1 is 1.41 bits per heavy atom. The van der Waals surface area contributed by atoms with Crippen molar-refractivity contribution in [3.8, 4) is 11.5 Å². The normalized spacial score (nSPS) is 24.1. The molecule has 1 aliphatic heterocycles. The van der Waals surface area contributed by atoms with Crippen LogP contribution in [0, 0.1) is 5.92 Å². The van der Waals surface area contributed by atoms with Crippen LogP contribution in [0.3, 0.4) is 0 Å². The predicted octanol–water partition coefficient (Wildman–Crippen LogP) is 5.45. The Labute approximate surface area is 162 Å². The molecule has 0 bridgehead atoms. The monoisotopic (exact) mass is 372 g/mol. The van der Waals surface area contributed by atoms with E-state index in [1.54, 1.807) is 6.07 Å². The number of carbonyl (C=O) groups is 1. The van der Waals surface area contributed by atoms with Crippen LogP contribution < -0.4 is 4.74 Å². The summed E-state index contributed by atoms with van der Waals surface area (Å²) in [6.07, 6.45) is 6.04. The van der Waals surface area contributed by atoms with E-state index >= 15 is 0 Å². The summed E-state index contributed by atoms with van der Waals surface area (Å²) < 4.78 is 11.7. The number of hydrogen-bond acceptors (Lipinski definition) is 4. The molecule has 4 heteroatoms. The standard InChI is InChI=1S/C23H32O4/c1-6-7-10-26-22(25)15(3)16-12-19(24)21-17-11-14(2)8-9-18(17)23(4,5)27-20(21)13-16/h8,12-13,15,17-18,24H,6-7,9-11H2,1-5H3/t15-,17-,18-/m1/s1. The van der Waals surface area contributed by atoms with Crippen molar-refractivity contribution in [2.45, 2.75) is 77.7 Å². The molecule has 0 saturated heterocycles. The van der Waals surface area contributed by atoms with E-state index in [1.165, 1.54) is 5.57 Å². The molecule has 3 atom stereocenters. The van der Waals surface area contributed by atoms with Gasteiger partial charge in [-0.2, -0.15) is 0 Å². The summed E-state index contributed by atoms with van der Waals surface area (Å²) >= 11 is 0. The lowest BCUT2D eigenvalue weighted by molar-refractivity contribution is -0.145. The quantitative estimate of drug-likeness (QED) is 0.424. The molecule has 1 heterocycles. The van der Waals surface area contributed by atoms with Crippen LogP contribution in [0.5, 0.6) is 11.5 Å². The third kappa shape index (κ3) is 3.85. The number of hydrogen-bond donors (Lipinski definition) is 1. The molecule has 1 aromatic rings. The van der Waals surface area contributed by atoms with Crippen molar-refractivity contribution >= 4 is 5.97 Å². The van der Waals surface area contributed by atoms with Gasteiger partial charge in [0.1, 0.15) is 17.1 Å². The average molecular weight is 373 g/mol. The molecule has 1 N–H and O–H groups in total. The van der Waals surface area contributed by atoms with Gasteiger partial charge < -0.3 is 14.6 Å². The number of esters is 1. The summed E-state index contributed by atoms with van der Waals surface area (Å²) in [5.41, 5.74) is 2.67. The topological polar surface area (TPSA) is 55.8 Å². The van der Waals surface area contributed by atoms with Gasteiger partial charge in [0.25, 0.3) is 0 Å². The van der Waals surface area contributed by atoms with Crippen molar-refractivity contribution in [3.63, 3.8) is 0 Å². The van der Waals surface area contributed by atoms with Crippen LogP contribution in [-0.4, -0.2) is 23.3 Å². The highest BCUT2D eigenvalue weighted by molar-refractivity contribution is 5.78. The first-order valence-electron chi connectivity index (χ1n) is 10.1. The SMILES string of the molecule is CCCCOC(=O)[C@H](C)c1cc(O)c2c(c1)OC(C)(C)[C@@H]1CC=C(C)C[C@@H]21. The molecule has 1 aromatic carbocycles. The largest absolute Gasteiger partial charge is 0.508 e. The van der Waals surface area contributed by atoms with E-state index in [2.05, 4.69) is 33.8 Å². The van der Waals surface area contributed by atoms with Gasteiger partial charge in [-0.15, -0.1) is 0 Å². The smallest absolute Gasteiger partial charge is 0.313 e. The van der Waals surface area contributed by atoms with Crippen molar-refractivity contribution in [3.05, 3.63) is 34.9 Å². The van der Waals surface area contributed by atoms with Crippen molar-refractivity contribution < 1.29 is 19.4 Å². The number of benzene rings is 1. The predicted molar refractivity (Wildman–Crippen MR) is 106 cm³/mol. The van der Waals surface area contributed by atoms with Gasteiger partial charge in [-0.05, 0) is 64.7 Å². The van der Waals surface area contributed by atoms with Gasteiger partial charge in [0, 0.05) is 17.4 Å². The van der Waals surface area contributed by atoms with Crippen LogP contribution in [0.2, 0.25) is 0 Å². The minimum atomic E-state index is -0.435. The van der Waals surface area contributed by atoms with Crippen LogP contribution in [0.25, 0.3) is 0 Å². The molecule has 0 radical (unpaired) electrons. The highest BCUT2D eigenvalue weighted by Crippen LogP contribution is 2.54. The Bertz CT molecular complexity index is 747. The molecule has 0 unspecified atom stereocenters. The second-order valence-electron chi connectivity index (χ2n) is 8.60. The molecular weight excluding hydrogens is 340 g/mol. The molecule has 0 aromatic heterocycles. The molecule has 1 aliphatic carbocycles. The van der Waals surface area contributed by atoms with E-state index < -0.39 is 5.92 Å². The first-order chi connectivity index (χ1) is 12.7. The number of ether oxygens (including phenoxy) is 2. The molecule has 0 saturated carbocycles. The second-order valence-corrected chi connectivity index (χ2v) is 8.60. The van der Waals surface area contributed by atoms with Crippen molar-refractivity contribution in [1.29, 1.82) is 0 Å². The van der Waals surface area contributed by atoms with Gasteiger partial charge in [0.2, 0.25) is 0 Å². The molecular formula is C23H32O4. The summed E-state index contributed by atoms with van der Waals surface area (Å²) in [5, 5.41) is 10.8. The molecule has 0 fully saturated rings. The molecule has 4 nitrogen and oxygen atoms in total. The molecule has 3 rings (SSSR count). The highest BCUT2D eigenvalue weighted by atomic mass is 16.5. The number of phenols is 1. The third-order valence-electron chi connectivity index (χ3n) is 6.12. The van der Waals surface area contributed by atoms with Gasteiger partial charge in [-0.1, -0.05) is 25.0 Å². The third-order valence-corrected chi connectivity index (χ3v) is 6.12.